The lowest BCUT2D eigenvalue weighted by Gasteiger charge is -2.19. The van der Waals surface area contributed by atoms with Crippen molar-refractivity contribution in [3.8, 4) is 33.4 Å². The van der Waals surface area contributed by atoms with Crippen molar-refractivity contribution in [3.05, 3.63) is 170 Å². The summed E-state index contributed by atoms with van der Waals surface area (Å²) in [6.45, 7) is 0. The molecule has 1 heteroatoms. The highest BCUT2D eigenvalue weighted by atomic mass is 16.3. The Morgan fingerprint density at radius 2 is 0.851 bits per heavy atom. The van der Waals surface area contributed by atoms with Crippen molar-refractivity contribution in [2.75, 3.05) is 0 Å². The van der Waals surface area contributed by atoms with Gasteiger partial charge in [0.05, 0.1) is 0 Å². The smallest absolute Gasteiger partial charge is 0.143 e. The molecule has 47 heavy (non-hydrogen) atoms. The molecule has 1 heterocycles. The Morgan fingerprint density at radius 1 is 0.277 bits per heavy atom. The van der Waals surface area contributed by atoms with Gasteiger partial charge in [0.15, 0.2) is 0 Å². The Kier molecular flexibility index (Phi) is 5.64. The van der Waals surface area contributed by atoms with E-state index in [0.717, 1.165) is 33.1 Å². The second kappa shape index (κ2) is 10.2. The molecule has 0 saturated heterocycles. The molecule has 0 spiro atoms. The van der Waals surface area contributed by atoms with Crippen molar-refractivity contribution in [1.82, 2.24) is 0 Å². The van der Waals surface area contributed by atoms with Gasteiger partial charge in [0.1, 0.15) is 11.2 Å². The van der Waals surface area contributed by atoms with Crippen LogP contribution in [0, 0.1) is 0 Å². The van der Waals surface area contributed by atoms with E-state index in [1.807, 2.05) is 0 Å². The van der Waals surface area contributed by atoms with Crippen LogP contribution in [0.25, 0.3) is 98.4 Å². The summed E-state index contributed by atoms with van der Waals surface area (Å²) in [4.78, 5) is 0. The van der Waals surface area contributed by atoms with Gasteiger partial charge in [0, 0.05) is 21.9 Å². The monoisotopic (exact) mass is 596 g/mol. The molecule has 1 nitrogen and oxygen atoms in total. The predicted molar refractivity (Wildman–Crippen MR) is 200 cm³/mol. The molecule has 0 radical (unpaired) electrons. The fourth-order valence-corrected chi connectivity index (χ4v) is 7.69. The van der Waals surface area contributed by atoms with Gasteiger partial charge in [0.2, 0.25) is 0 Å². The lowest BCUT2D eigenvalue weighted by molar-refractivity contribution is 0.670. The van der Waals surface area contributed by atoms with Gasteiger partial charge in [-0.05, 0) is 89.6 Å². The highest BCUT2D eigenvalue weighted by Gasteiger charge is 2.23. The van der Waals surface area contributed by atoms with Crippen LogP contribution >= 0.6 is 0 Å². The molecule has 0 aliphatic heterocycles. The number of fused-ring (bicyclic) bond motifs is 7. The fourth-order valence-electron chi connectivity index (χ4n) is 7.69. The summed E-state index contributed by atoms with van der Waals surface area (Å²) in [5, 5.41) is 12.1. The molecule has 0 saturated carbocycles. The third-order valence-corrected chi connectivity index (χ3v) is 9.81. The van der Waals surface area contributed by atoms with E-state index in [1.54, 1.807) is 0 Å². The lowest BCUT2D eigenvalue weighted by atomic mass is 9.84. The van der Waals surface area contributed by atoms with E-state index in [2.05, 4.69) is 170 Å². The molecule has 0 N–H and O–H groups in total. The van der Waals surface area contributed by atoms with Crippen molar-refractivity contribution in [2.45, 2.75) is 0 Å². The average Bonchev–Trinajstić information content (AvgIpc) is 3.50. The Morgan fingerprint density at radius 3 is 1.57 bits per heavy atom. The SMILES string of the molecule is c1ccc(-c2ccc3c(c2)oc2c(-c4c5ccccc5c(-c5ccc6ccccc6c5)c5ccccc45)c4ccccc4cc23)cc1. The maximum atomic E-state index is 6.97. The van der Waals surface area contributed by atoms with E-state index in [1.165, 1.54) is 65.3 Å². The molecule has 0 atom stereocenters. The van der Waals surface area contributed by atoms with Crippen molar-refractivity contribution in [1.29, 1.82) is 0 Å². The molecule has 10 rings (SSSR count). The van der Waals surface area contributed by atoms with Crippen LogP contribution in [0.5, 0.6) is 0 Å². The molecular weight excluding hydrogens is 569 g/mol. The molecule has 1 aromatic heterocycles. The maximum absolute atomic E-state index is 6.97. The Labute approximate surface area is 271 Å². The zero-order chi connectivity index (χ0) is 30.9. The van der Waals surface area contributed by atoms with E-state index < -0.39 is 0 Å². The Hall–Kier alpha value is -6.18. The quantitative estimate of drug-likeness (QED) is 0.185. The van der Waals surface area contributed by atoms with Crippen LogP contribution in [0.2, 0.25) is 0 Å². The topological polar surface area (TPSA) is 13.1 Å². The van der Waals surface area contributed by atoms with Crippen LogP contribution in [-0.4, -0.2) is 0 Å². The minimum Gasteiger partial charge on any atom is -0.455 e. The van der Waals surface area contributed by atoms with E-state index >= 15 is 0 Å². The molecule has 10 aromatic rings. The van der Waals surface area contributed by atoms with Crippen molar-refractivity contribution in [3.63, 3.8) is 0 Å². The fraction of sp³-hybridized carbons (Fsp3) is 0. The number of hydrogen-bond acceptors (Lipinski definition) is 1. The first kappa shape index (κ1) is 26.1. The molecule has 0 unspecified atom stereocenters. The summed E-state index contributed by atoms with van der Waals surface area (Å²) in [5.41, 5.74) is 9.01. The first-order chi connectivity index (χ1) is 23.3. The second-order valence-corrected chi connectivity index (χ2v) is 12.4. The zero-order valence-electron chi connectivity index (χ0n) is 25.6. The van der Waals surface area contributed by atoms with E-state index in [9.17, 15) is 0 Å². The van der Waals surface area contributed by atoms with Crippen molar-refractivity contribution >= 4 is 65.0 Å². The van der Waals surface area contributed by atoms with Crippen LogP contribution in [0.4, 0.5) is 0 Å². The predicted octanol–water partition coefficient (Wildman–Crippen LogP) is 13.2. The maximum Gasteiger partial charge on any atom is 0.143 e. The molecule has 0 aliphatic carbocycles. The lowest BCUT2D eigenvalue weighted by Crippen LogP contribution is -1.92. The summed E-state index contributed by atoms with van der Waals surface area (Å²) in [7, 11) is 0. The third kappa shape index (κ3) is 3.97. The van der Waals surface area contributed by atoms with E-state index in [-0.39, 0.29) is 0 Å². The summed E-state index contributed by atoms with van der Waals surface area (Å²) in [6.07, 6.45) is 0. The minimum atomic E-state index is 0.902. The molecule has 0 aliphatic rings. The van der Waals surface area contributed by atoms with Gasteiger partial charge in [-0.15, -0.1) is 0 Å². The summed E-state index contributed by atoms with van der Waals surface area (Å²) in [5.74, 6) is 0. The van der Waals surface area contributed by atoms with Crippen LogP contribution in [0.15, 0.2) is 174 Å². The molecule has 218 valence electrons. The molecule has 0 bridgehead atoms. The molecule has 0 fully saturated rings. The largest absolute Gasteiger partial charge is 0.455 e. The van der Waals surface area contributed by atoms with Gasteiger partial charge >= 0.3 is 0 Å². The molecule has 0 amide bonds. The Balaban J connectivity index is 1.35. The number of furan rings is 1. The highest BCUT2D eigenvalue weighted by Crippen LogP contribution is 2.49. The number of hydrogen-bond donors (Lipinski definition) is 0. The van der Waals surface area contributed by atoms with Gasteiger partial charge in [-0.2, -0.15) is 0 Å². The number of benzene rings is 9. The summed E-state index contributed by atoms with van der Waals surface area (Å²) >= 11 is 0. The van der Waals surface area contributed by atoms with Crippen LogP contribution in [0.3, 0.4) is 0 Å². The minimum absolute atomic E-state index is 0.902. The second-order valence-electron chi connectivity index (χ2n) is 12.4. The highest BCUT2D eigenvalue weighted by molar-refractivity contribution is 6.28. The van der Waals surface area contributed by atoms with Crippen molar-refractivity contribution in [2.24, 2.45) is 0 Å². The normalized spacial score (nSPS) is 11.8. The van der Waals surface area contributed by atoms with Gasteiger partial charge in [-0.3, -0.25) is 0 Å². The van der Waals surface area contributed by atoms with Crippen LogP contribution in [0.1, 0.15) is 0 Å². The van der Waals surface area contributed by atoms with Gasteiger partial charge < -0.3 is 4.42 Å². The van der Waals surface area contributed by atoms with Crippen LogP contribution < -0.4 is 0 Å². The third-order valence-electron chi connectivity index (χ3n) is 9.81. The molecular formula is C46H28O. The van der Waals surface area contributed by atoms with Gasteiger partial charge in [-0.25, -0.2) is 0 Å². The van der Waals surface area contributed by atoms with E-state index in [0.29, 0.717) is 0 Å². The summed E-state index contributed by atoms with van der Waals surface area (Å²) in [6, 6.07) is 61.4. The van der Waals surface area contributed by atoms with Crippen molar-refractivity contribution < 1.29 is 4.42 Å². The summed E-state index contributed by atoms with van der Waals surface area (Å²) < 4.78 is 6.97. The number of rotatable bonds is 3. The first-order valence-electron chi connectivity index (χ1n) is 16.2. The Bertz CT molecular complexity index is 2780. The molecule has 9 aromatic carbocycles. The van der Waals surface area contributed by atoms with E-state index in [4.69, 9.17) is 4.42 Å². The van der Waals surface area contributed by atoms with Crippen LogP contribution in [-0.2, 0) is 0 Å². The van der Waals surface area contributed by atoms with Gasteiger partial charge in [0.25, 0.3) is 0 Å². The average molecular weight is 597 g/mol. The zero-order valence-corrected chi connectivity index (χ0v) is 25.6. The standard InChI is InChI=1S/C46H28O/c1-2-12-29(13-3-1)32-24-25-36-41-27-33-16-6-7-17-35(33)45(46(41)47-42(36)28-32)44-39-20-10-8-18-37(39)43(38-19-9-11-21-40(38)44)34-23-22-30-14-4-5-15-31(30)26-34/h1-28H. The first-order valence-corrected chi connectivity index (χ1v) is 16.2. The van der Waals surface area contributed by atoms with Gasteiger partial charge in [-0.1, -0.05) is 146 Å².